The van der Waals surface area contributed by atoms with Crippen molar-refractivity contribution < 1.29 is 13.9 Å². The summed E-state index contributed by atoms with van der Waals surface area (Å²) in [5.41, 5.74) is 0.705. The lowest BCUT2D eigenvalue weighted by molar-refractivity contribution is 0.347. The van der Waals surface area contributed by atoms with Crippen molar-refractivity contribution in [2.24, 2.45) is 0 Å². The van der Waals surface area contributed by atoms with Gasteiger partial charge in [0.2, 0.25) is 0 Å². The largest absolute Gasteiger partial charge is 0.493 e. The zero-order valence-corrected chi connectivity index (χ0v) is 10.4. The molecule has 0 bridgehead atoms. The molecule has 0 heterocycles. The highest BCUT2D eigenvalue weighted by atomic mass is 79.9. The number of methoxy groups -OCH3 is 2. The van der Waals surface area contributed by atoms with Crippen molar-refractivity contribution in [2.75, 3.05) is 21.3 Å². The second-order valence-corrected chi connectivity index (χ2v) is 3.71. The van der Waals surface area contributed by atoms with E-state index in [1.807, 2.05) is 0 Å². The molecule has 0 aliphatic heterocycles. The maximum absolute atomic E-state index is 13.5. The van der Waals surface area contributed by atoms with E-state index < -0.39 is 0 Å². The third-order valence-corrected chi connectivity index (χ3v) is 2.87. The number of hydrogen-bond acceptors (Lipinski definition) is 3. The van der Waals surface area contributed by atoms with E-state index in [-0.39, 0.29) is 5.82 Å². The average molecular weight is 278 g/mol. The van der Waals surface area contributed by atoms with E-state index >= 15 is 0 Å². The molecule has 5 heteroatoms. The van der Waals surface area contributed by atoms with E-state index in [1.165, 1.54) is 20.3 Å². The molecule has 0 saturated heterocycles. The van der Waals surface area contributed by atoms with Gasteiger partial charge < -0.3 is 14.8 Å². The second-order valence-electron chi connectivity index (χ2n) is 2.92. The molecule has 0 fully saturated rings. The van der Waals surface area contributed by atoms with Crippen LogP contribution in [0.4, 0.5) is 4.39 Å². The van der Waals surface area contributed by atoms with Gasteiger partial charge in [-0.25, -0.2) is 4.39 Å². The predicted octanol–water partition coefficient (Wildman–Crippen LogP) is 2.32. The molecule has 1 N–H and O–H groups in total. The summed E-state index contributed by atoms with van der Waals surface area (Å²) < 4.78 is 24.1. The standard InChI is InChI=1S/C10H13BrFNO2/c1-13-5-6-9(11)7(12)4-8(14-2)10(6)15-3/h4,13H,5H2,1-3H3. The Morgan fingerprint density at radius 1 is 1.40 bits per heavy atom. The minimum atomic E-state index is -0.363. The van der Waals surface area contributed by atoms with Gasteiger partial charge in [0.15, 0.2) is 11.5 Å². The Labute approximate surface area is 96.7 Å². The van der Waals surface area contributed by atoms with Crippen molar-refractivity contribution in [1.29, 1.82) is 0 Å². The highest BCUT2D eigenvalue weighted by Crippen LogP contribution is 2.37. The van der Waals surface area contributed by atoms with E-state index in [0.29, 0.717) is 28.1 Å². The van der Waals surface area contributed by atoms with Gasteiger partial charge in [-0.15, -0.1) is 0 Å². The minimum absolute atomic E-state index is 0.363. The molecule has 0 unspecified atom stereocenters. The molecule has 3 nitrogen and oxygen atoms in total. The molecule has 0 aromatic heterocycles. The summed E-state index contributed by atoms with van der Waals surface area (Å²) >= 11 is 3.19. The summed E-state index contributed by atoms with van der Waals surface area (Å²) in [5, 5.41) is 2.95. The molecule has 0 aliphatic rings. The van der Waals surface area contributed by atoms with Crippen molar-refractivity contribution in [1.82, 2.24) is 5.32 Å². The highest BCUT2D eigenvalue weighted by molar-refractivity contribution is 9.10. The van der Waals surface area contributed by atoms with Gasteiger partial charge in [0.25, 0.3) is 0 Å². The Morgan fingerprint density at radius 3 is 2.53 bits per heavy atom. The predicted molar refractivity (Wildman–Crippen MR) is 60.0 cm³/mol. The molecule has 1 rings (SSSR count). The topological polar surface area (TPSA) is 30.5 Å². The van der Waals surface area contributed by atoms with Crippen molar-refractivity contribution in [3.05, 3.63) is 21.9 Å². The smallest absolute Gasteiger partial charge is 0.166 e. The van der Waals surface area contributed by atoms with Crippen LogP contribution in [-0.2, 0) is 6.54 Å². The van der Waals surface area contributed by atoms with E-state index in [9.17, 15) is 4.39 Å². The van der Waals surface area contributed by atoms with Gasteiger partial charge in [-0.05, 0) is 23.0 Å². The summed E-state index contributed by atoms with van der Waals surface area (Å²) in [6, 6.07) is 1.29. The van der Waals surface area contributed by atoms with Gasteiger partial charge in [-0.3, -0.25) is 0 Å². The number of rotatable bonds is 4. The number of halogens is 2. The molecule has 0 atom stereocenters. The molecule has 0 radical (unpaired) electrons. The quantitative estimate of drug-likeness (QED) is 0.916. The molecule has 0 aliphatic carbocycles. The molecule has 1 aromatic carbocycles. The zero-order chi connectivity index (χ0) is 11.4. The zero-order valence-electron chi connectivity index (χ0n) is 8.86. The van der Waals surface area contributed by atoms with Crippen LogP contribution in [0.5, 0.6) is 11.5 Å². The van der Waals surface area contributed by atoms with Crippen molar-refractivity contribution >= 4 is 15.9 Å². The Kier molecular flexibility index (Phi) is 4.35. The molecule has 0 saturated carbocycles. The van der Waals surface area contributed by atoms with Gasteiger partial charge in [0.05, 0.1) is 18.7 Å². The first-order valence-electron chi connectivity index (χ1n) is 4.39. The number of ether oxygens (including phenoxy) is 2. The van der Waals surface area contributed by atoms with E-state index in [1.54, 1.807) is 7.05 Å². The normalized spacial score (nSPS) is 10.2. The van der Waals surface area contributed by atoms with Crippen LogP contribution in [0.1, 0.15) is 5.56 Å². The minimum Gasteiger partial charge on any atom is -0.493 e. The van der Waals surface area contributed by atoms with Gasteiger partial charge in [0, 0.05) is 18.2 Å². The fraction of sp³-hybridized carbons (Fsp3) is 0.400. The first-order valence-corrected chi connectivity index (χ1v) is 5.18. The van der Waals surface area contributed by atoms with Crippen molar-refractivity contribution in [3.63, 3.8) is 0 Å². The molecule has 15 heavy (non-hydrogen) atoms. The second kappa shape index (κ2) is 5.32. The van der Waals surface area contributed by atoms with Gasteiger partial charge in [0.1, 0.15) is 5.82 Å². The van der Waals surface area contributed by atoms with Crippen LogP contribution in [0.15, 0.2) is 10.5 Å². The van der Waals surface area contributed by atoms with Gasteiger partial charge in [-0.1, -0.05) is 0 Å². The first kappa shape index (κ1) is 12.3. The lowest BCUT2D eigenvalue weighted by Gasteiger charge is -2.14. The number of hydrogen-bond donors (Lipinski definition) is 1. The van der Waals surface area contributed by atoms with E-state index in [4.69, 9.17) is 9.47 Å². The maximum Gasteiger partial charge on any atom is 0.166 e. The number of benzene rings is 1. The van der Waals surface area contributed by atoms with Crippen LogP contribution in [0.25, 0.3) is 0 Å². The highest BCUT2D eigenvalue weighted by Gasteiger charge is 2.17. The third-order valence-electron chi connectivity index (χ3n) is 2.01. The summed E-state index contributed by atoms with van der Waals surface area (Å²) in [6.07, 6.45) is 0. The first-order chi connectivity index (χ1) is 7.15. The van der Waals surface area contributed by atoms with E-state index in [0.717, 1.165) is 0 Å². The molecular formula is C10H13BrFNO2. The van der Waals surface area contributed by atoms with Crippen molar-refractivity contribution in [3.8, 4) is 11.5 Å². The fourth-order valence-corrected chi connectivity index (χ4v) is 1.78. The monoisotopic (exact) mass is 277 g/mol. The van der Waals surface area contributed by atoms with Crippen LogP contribution >= 0.6 is 15.9 Å². The van der Waals surface area contributed by atoms with Crippen molar-refractivity contribution in [2.45, 2.75) is 6.54 Å². The summed E-state index contributed by atoms with van der Waals surface area (Å²) in [5.74, 6) is 0.571. The lowest BCUT2D eigenvalue weighted by Crippen LogP contribution is -2.09. The molecule has 0 spiro atoms. The van der Waals surface area contributed by atoms with E-state index in [2.05, 4.69) is 21.2 Å². The number of nitrogens with one attached hydrogen (secondary N) is 1. The fourth-order valence-electron chi connectivity index (χ4n) is 1.35. The summed E-state index contributed by atoms with van der Waals surface area (Å²) in [6.45, 7) is 0.498. The van der Waals surface area contributed by atoms with Crippen LogP contribution in [0.2, 0.25) is 0 Å². The summed E-state index contributed by atoms with van der Waals surface area (Å²) in [4.78, 5) is 0. The molecular weight excluding hydrogens is 265 g/mol. The van der Waals surface area contributed by atoms with Crippen LogP contribution in [0, 0.1) is 5.82 Å². The summed E-state index contributed by atoms with van der Waals surface area (Å²) in [7, 11) is 4.79. The lowest BCUT2D eigenvalue weighted by atomic mass is 10.1. The maximum atomic E-state index is 13.5. The molecule has 1 aromatic rings. The van der Waals surface area contributed by atoms with Crippen LogP contribution in [0.3, 0.4) is 0 Å². The Balaban J connectivity index is 3.35. The Bertz CT molecular complexity index is 358. The third kappa shape index (κ3) is 2.41. The Hall–Kier alpha value is -0.810. The van der Waals surface area contributed by atoms with Crippen LogP contribution < -0.4 is 14.8 Å². The van der Waals surface area contributed by atoms with Gasteiger partial charge >= 0.3 is 0 Å². The average Bonchev–Trinajstić information content (AvgIpc) is 2.24. The Morgan fingerprint density at radius 2 is 2.07 bits per heavy atom. The SMILES string of the molecule is CNCc1c(Br)c(F)cc(OC)c1OC. The molecule has 0 amide bonds. The van der Waals surface area contributed by atoms with Crippen LogP contribution in [-0.4, -0.2) is 21.3 Å². The molecule has 84 valence electrons. The van der Waals surface area contributed by atoms with Gasteiger partial charge in [-0.2, -0.15) is 0 Å².